The third kappa shape index (κ3) is 3.71. The molecule has 2 N–H and O–H groups in total. The number of carbonyl (C=O) groups is 2. The molecule has 1 aromatic rings. The minimum atomic E-state index is -4.71. The number of hydrogen-bond acceptors (Lipinski definition) is 3. The molecule has 1 saturated heterocycles. The smallest absolute Gasteiger partial charge is 0.344 e. The lowest BCUT2D eigenvalue weighted by molar-refractivity contribution is -0.137. The van der Waals surface area contributed by atoms with Crippen molar-refractivity contribution in [2.75, 3.05) is 18.9 Å². The number of urea groups is 1. The quantitative estimate of drug-likeness (QED) is 0.871. The number of likely N-dealkylation sites (N-methyl/N-ethyl adjacent to an activating group) is 1. The van der Waals surface area contributed by atoms with Crippen LogP contribution in [-0.4, -0.2) is 36.5 Å². The number of nitrogens with zero attached hydrogens (tertiary/aromatic N) is 2. The van der Waals surface area contributed by atoms with E-state index in [4.69, 9.17) is 5.26 Å². The summed E-state index contributed by atoms with van der Waals surface area (Å²) >= 11 is 0. The third-order valence-electron chi connectivity index (χ3n) is 3.44. The number of hydrogen-bond donors (Lipinski definition) is 2. The first-order valence-corrected chi connectivity index (χ1v) is 6.66. The van der Waals surface area contributed by atoms with E-state index in [1.807, 2.05) is 0 Å². The molecule has 1 aromatic carbocycles. The van der Waals surface area contributed by atoms with E-state index in [-0.39, 0.29) is 11.6 Å². The predicted molar refractivity (Wildman–Crippen MR) is 74.4 cm³/mol. The number of amides is 3. The van der Waals surface area contributed by atoms with Crippen molar-refractivity contribution in [1.82, 2.24) is 10.2 Å². The van der Waals surface area contributed by atoms with E-state index >= 15 is 0 Å². The summed E-state index contributed by atoms with van der Waals surface area (Å²) in [5, 5.41) is 13.4. The van der Waals surface area contributed by atoms with Crippen LogP contribution in [0.4, 0.5) is 23.7 Å². The number of anilines is 1. The van der Waals surface area contributed by atoms with Gasteiger partial charge in [-0.1, -0.05) is 0 Å². The number of halogens is 3. The molecule has 2 rings (SSSR count). The van der Waals surface area contributed by atoms with E-state index in [0.717, 1.165) is 6.07 Å². The summed E-state index contributed by atoms with van der Waals surface area (Å²) in [4.78, 5) is 24.9. The normalized spacial score (nSPS) is 17.8. The Hall–Kier alpha value is -2.76. The van der Waals surface area contributed by atoms with Gasteiger partial charge in [0.1, 0.15) is 6.04 Å². The van der Waals surface area contributed by atoms with Crippen LogP contribution in [0.1, 0.15) is 17.5 Å². The van der Waals surface area contributed by atoms with E-state index < -0.39 is 29.4 Å². The fraction of sp³-hybridized carbons (Fsp3) is 0.357. The van der Waals surface area contributed by atoms with Crippen LogP contribution in [0.3, 0.4) is 0 Å². The number of benzene rings is 1. The van der Waals surface area contributed by atoms with Gasteiger partial charge in [0.25, 0.3) is 0 Å². The third-order valence-corrected chi connectivity index (χ3v) is 3.44. The number of alkyl halides is 3. The number of likely N-dealkylation sites (tertiary alicyclic amines) is 1. The fourth-order valence-corrected chi connectivity index (χ4v) is 2.24. The lowest BCUT2D eigenvalue weighted by Crippen LogP contribution is -2.42. The molecule has 9 heteroatoms. The van der Waals surface area contributed by atoms with Gasteiger partial charge in [0.05, 0.1) is 17.2 Å². The average Bonchev–Trinajstić information content (AvgIpc) is 2.78. The Morgan fingerprint density at radius 1 is 1.43 bits per heavy atom. The standard InChI is InChI=1S/C14H13F3N4O2/c1-21-5-4-11(12(21)22)20-13(23)19-9-3-2-8(7-18)10(6-9)14(15,16)17/h2-3,6,11H,4-5H2,1H3,(H2,19,20,23)/t11-/m1/s1. The van der Waals surface area contributed by atoms with E-state index in [2.05, 4.69) is 10.6 Å². The summed E-state index contributed by atoms with van der Waals surface area (Å²) in [5.41, 5.74) is -1.78. The molecule has 1 aliphatic rings. The van der Waals surface area contributed by atoms with Gasteiger partial charge in [0.2, 0.25) is 5.91 Å². The molecule has 0 spiro atoms. The highest BCUT2D eigenvalue weighted by atomic mass is 19.4. The Morgan fingerprint density at radius 3 is 2.65 bits per heavy atom. The molecular formula is C14H13F3N4O2. The molecule has 0 unspecified atom stereocenters. The molecule has 122 valence electrons. The second-order valence-electron chi connectivity index (χ2n) is 5.07. The average molecular weight is 326 g/mol. The van der Waals surface area contributed by atoms with Crippen LogP contribution < -0.4 is 10.6 Å². The molecule has 0 bridgehead atoms. The van der Waals surface area contributed by atoms with Crippen LogP contribution >= 0.6 is 0 Å². The first-order valence-electron chi connectivity index (χ1n) is 6.66. The first kappa shape index (κ1) is 16.6. The summed E-state index contributed by atoms with van der Waals surface area (Å²) < 4.78 is 38.5. The Balaban J connectivity index is 2.10. The fourth-order valence-electron chi connectivity index (χ4n) is 2.24. The van der Waals surface area contributed by atoms with Crippen LogP contribution in [0.15, 0.2) is 18.2 Å². The van der Waals surface area contributed by atoms with Gasteiger partial charge in [-0.05, 0) is 24.6 Å². The van der Waals surface area contributed by atoms with Crippen LogP contribution in [0, 0.1) is 11.3 Å². The highest BCUT2D eigenvalue weighted by molar-refractivity contribution is 5.94. The van der Waals surface area contributed by atoms with Crippen molar-refractivity contribution >= 4 is 17.6 Å². The topological polar surface area (TPSA) is 85.2 Å². The highest BCUT2D eigenvalue weighted by Gasteiger charge is 2.34. The molecule has 0 radical (unpaired) electrons. The Kier molecular flexibility index (Phi) is 4.45. The molecule has 23 heavy (non-hydrogen) atoms. The predicted octanol–water partition coefficient (Wildman–Crippen LogP) is 1.93. The van der Waals surface area contributed by atoms with Crippen molar-refractivity contribution < 1.29 is 22.8 Å². The molecular weight excluding hydrogens is 313 g/mol. The van der Waals surface area contributed by atoms with Gasteiger partial charge in [0.15, 0.2) is 0 Å². The SMILES string of the molecule is CN1CC[C@@H](NC(=O)Nc2ccc(C#N)c(C(F)(F)F)c2)C1=O. The van der Waals surface area contributed by atoms with Gasteiger partial charge < -0.3 is 15.5 Å². The van der Waals surface area contributed by atoms with Gasteiger partial charge >= 0.3 is 12.2 Å². The van der Waals surface area contributed by atoms with Gasteiger partial charge in [-0.3, -0.25) is 4.79 Å². The number of rotatable bonds is 2. The van der Waals surface area contributed by atoms with Crippen molar-refractivity contribution in [3.05, 3.63) is 29.3 Å². The largest absolute Gasteiger partial charge is 0.417 e. The second-order valence-corrected chi connectivity index (χ2v) is 5.07. The van der Waals surface area contributed by atoms with Gasteiger partial charge in [-0.2, -0.15) is 18.4 Å². The molecule has 1 aliphatic heterocycles. The molecule has 3 amide bonds. The molecule has 6 nitrogen and oxygen atoms in total. The van der Waals surface area contributed by atoms with Crippen molar-refractivity contribution in [2.45, 2.75) is 18.6 Å². The minimum Gasteiger partial charge on any atom is -0.344 e. The molecule has 1 heterocycles. The Bertz CT molecular complexity index is 682. The van der Waals surface area contributed by atoms with Crippen molar-refractivity contribution in [3.63, 3.8) is 0 Å². The summed E-state index contributed by atoms with van der Waals surface area (Å²) in [6.07, 6.45) is -4.27. The summed E-state index contributed by atoms with van der Waals surface area (Å²) in [5.74, 6) is -0.254. The Labute approximate surface area is 129 Å². The van der Waals surface area contributed by atoms with Gasteiger partial charge in [-0.25, -0.2) is 4.79 Å². The maximum atomic E-state index is 12.8. The molecule has 0 aliphatic carbocycles. The van der Waals surface area contributed by atoms with Crippen LogP contribution in [0.25, 0.3) is 0 Å². The van der Waals surface area contributed by atoms with Crippen molar-refractivity contribution in [1.29, 1.82) is 5.26 Å². The summed E-state index contributed by atoms with van der Waals surface area (Å²) in [7, 11) is 1.60. The maximum Gasteiger partial charge on any atom is 0.417 e. The molecule has 1 atom stereocenters. The van der Waals surface area contributed by atoms with E-state index in [1.54, 1.807) is 7.05 Å². The first-order chi connectivity index (χ1) is 10.7. The number of nitrogens with one attached hydrogen (secondary N) is 2. The van der Waals surface area contributed by atoms with E-state index in [0.29, 0.717) is 19.0 Å². The summed E-state index contributed by atoms with van der Waals surface area (Å²) in [6, 6.07) is 2.83. The zero-order chi connectivity index (χ0) is 17.2. The Morgan fingerprint density at radius 2 is 2.13 bits per heavy atom. The number of carbonyl (C=O) groups excluding carboxylic acids is 2. The lowest BCUT2D eigenvalue weighted by atomic mass is 10.1. The van der Waals surface area contributed by atoms with Gasteiger partial charge in [0, 0.05) is 19.3 Å². The van der Waals surface area contributed by atoms with Crippen molar-refractivity contribution in [2.24, 2.45) is 0 Å². The van der Waals surface area contributed by atoms with Crippen LogP contribution in [0.5, 0.6) is 0 Å². The zero-order valence-corrected chi connectivity index (χ0v) is 12.1. The molecule has 0 aromatic heterocycles. The van der Waals surface area contributed by atoms with E-state index in [9.17, 15) is 22.8 Å². The van der Waals surface area contributed by atoms with Crippen LogP contribution in [0.2, 0.25) is 0 Å². The van der Waals surface area contributed by atoms with Crippen LogP contribution in [-0.2, 0) is 11.0 Å². The van der Waals surface area contributed by atoms with Crippen molar-refractivity contribution in [3.8, 4) is 6.07 Å². The second kappa shape index (κ2) is 6.16. The minimum absolute atomic E-state index is 0.118. The maximum absolute atomic E-state index is 12.8. The molecule has 0 saturated carbocycles. The highest BCUT2D eigenvalue weighted by Crippen LogP contribution is 2.33. The van der Waals surface area contributed by atoms with E-state index in [1.165, 1.54) is 17.0 Å². The number of nitriles is 1. The monoisotopic (exact) mass is 326 g/mol. The molecule has 1 fully saturated rings. The lowest BCUT2D eigenvalue weighted by Gasteiger charge is -2.14. The summed E-state index contributed by atoms with van der Waals surface area (Å²) in [6.45, 7) is 0.499. The van der Waals surface area contributed by atoms with Gasteiger partial charge in [-0.15, -0.1) is 0 Å². The zero-order valence-electron chi connectivity index (χ0n) is 12.1.